The van der Waals surface area contributed by atoms with Crippen LogP contribution in [0.15, 0.2) is 5.11 Å². The normalized spacial score (nSPS) is 11.0. The van der Waals surface area contributed by atoms with Gasteiger partial charge in [0, 0.05) is 4.91 Å². The van der Waals surface area contributed by atoms with Gasteiger partial charge >= 0.3 is 0 Å². The molecule has 1 N–H and O–H groups in total. The van der Waals surface area contributed by atoms with Gasteiger partial charge in [-0.05, 0) is 5.53 Å². The van der Waals surface area contributed by atoms with Crippen LogP contribution in [0.2, 0.25) is 0 Å². The molecule has 1 amide bonds. The highest BCUT2D eigenvalue weighted by Crippen LogP contribution is 2.30. The quantitative estimate of drug-likeness (QED) is 0.222. The fourth-order valence-corrected chi connectivity index (χ4v) is 1.55. The van der Waals surface area contributed by atoms with E-state index >= 15 is 0 Å². The summed E-state index contributed by atoms with van der Waals surface area (Å²) < 4.78 is 54.9. The Balaban J connectivity index is 3.15. The zero-order valence-corrected chi connectivity index (χ0v) is 12.1. The van der Waals surface area contributed by atoms with Gasteiger partial charge in [-0.2, -0.15) is 0 Å². The summed E-state index contributed by atoms with van der Waals surface area (Å²) >= 11 is 0. The third-order valence-electron chi connectivity index (χ3n) is 2.68. The number of nitrogens with zero attached hydrogens (tertiary/aromatic N) is 4. The molecule has 6 nitrogen and oxygen atoms in total. The number of rotatable bonds is 5. The second-order valence-corrected chi connectivity index (χ2v) is 5.44. The summed E-state index contributed by atoms with van der Waals surface area (Å²) in [5.74, 6) is -8.97. The number of hydrogen-bond donors (Lipinski definition) is 1. The molecule has 0 heterocycles. The van der Waals surface area contributed by atoms with E-state index in [-0.39, 0.29) is 6.54 Å². The smallest absolute Gasteiger partial charge is 0.257 e. The summed E-state index contributed by atoms with van der Waals surface area (Å²) in [5.41, 5.74) is 5.27. The molecule has 10 heteroatoms. The van der Waals surface area contributed by atoms with Crippen LogP contribution < -0.4 is 5.32 Å². The Morgan fingerprint density at radius 1 is 1.14 bits per heavy atom. The molecule has 0 spiro atoms. The summed E-state index contributed by atoms with van der Waals surface area (Å²) in [7, 11) is 5.46. The van der Waals surface area contributed by atoms with Crippen LogP contribution in [0.25, 0.3) is 10.4 Å². The van der Waals surface area contributed by atoms with Crippen molar-refractivity contribution in [2.24, 2.45) is 5.11 Å². The predicted octanol–water partition coefficient (Wildman–Crippen LogP) is 2.62. The molecule has 0 radical (unpaired) electrons. The lowest BCUT2D eigenvalue weighted by Crippen LogP contribution is -2.42. The van der Waals surface area contributed by atoms with Gasteiger partial charge in [0.05, 0.1) is 34.2 Å². The first-order valence-electron chi connectivity index (χ1n) is 6.10. The van der Waals surface area contributed by atoms with Crippen LogP contribution in [-0.4, -0.2) is 44.6 Å². The van der Waals surface area contributed by atoms with E-state index in [0.29, 0.717) is 11.0 Å². The van der Waals surface area contributed by atoms with Crippen molar-refractivity contribution in [2.45, 2.75) is 0 Å². The second-order valence-electron chi connectivity index (χ2n) is 5.44. The number of nitrogens with one attached hydrogen (secondary N) is 1. The molecule has 0 saturated heterocycles. The van der Waals surface area contributed by atoms with Crippen molar-refractivity contribution in [3.8, 4) is 0 Å². The van der Waals surface area contributed by atoms with E-state index in [1.165, 1.54) is 0 Å². The first-order chi connectivity index (χ1) is 10.1. The van der Waals surface area contributed by atoms with Crippen molar-refractivity contribution in [1.82, 2.24) is 5.32 Å². The Morgan fingerprint density at radius 2 is 1.64 bits per heavy atom. The predicted molar refractivity (Wildman–Crippen MR) is 70.3 cm³/mol. The Kier molecular flexibility index (Phi) is 5.34. The molecule has 1 aromatic carbocycles. The molecule has 0 saturated carbocycles. The molecule has 0 unspecified atom stereocenters. The number of quaternary nitrogens is 1. The van der Waals surface area contributed by atoms with E-state index < -0.39 is 40.4 Å². The molecule has 0 aromatic heterocycles. The highest BCUT2D eigenvalue weighted by atomic mass is 19.2. The largest absolute Gasteiger partial charge is 0.346 e. The van der Waals surface area contributed by atoms with Crippen LogP contribution in [-0.2, 0) is 0 Å². The third-order valence-corrected chi connectivity index (χ3v) is 2.68. The lowest BCUT2D eigenvalue weighted by atomic mass is 10.1. The van der Waals surface area contributed by atoms with E-state index in [9.17, 15) is 22.4 Å². The fraction of sp³-hybridized carbons (Fsp3) is 0.417. The molecule has 0 aliphatic rings. The van der Waals surface area contributed by atoms with Crippen molar-refractivity contribution >= 4 is 11.6 Å². The van der Waals surface area contributed by atoms with E-state index in [1.54, 1.807) is 0 Å². The van der Waals surface area contributed by atoms with Gasteiger partial charge in [-0.25, -0.2) is 17.6 Å². The summed E-state index contributed by atoms with van der Waals surface area (Å²) in [6, 6.07) is 0. The maximum absolute atomic E-state index is 13.7. The van der Waals surface area contributed by atoms with Crippen molar-refractivity contribution in [2.75, 3.05) is 34.2 Å². The second kappa shape index (κ2) is 6.63. The zero-order chi connectivity index (χ0) is 17.1. The minimum atomic E-state index is -1.92. The van der Waals surface area contributed by atoms with Gasteiger partial charge < -0.3 is 9.80 Å². The van der Waals surface area contributed by atoms with Crippen LogP contribution in [0.1, 0.15) is 10.4 Å². The van der Waals surface area contributed by atoms with E-state index in [1.807, 2.05) is 21.1 Å². The summed E-state index contributed by atoms with van der Waals surface area (Å²) in [6.45, 7) is 0.472. The molecule has 1 rings (SSSR count). The third kappa shape index (κ3) is 3.86. The molecular formula is C12H14F4N5O+. The van der Waals surface area contributed by atoms with Crippen molar-refractivity contribution in [3.05, 3.63) is 39.3 Å². The van der Waals surface area contributed by atoms with Gasteiger partial charge in [0.15, 0.2) is 23.3 Å². The van der Waals surface area contributed by atoms with Crippen molar-refractivity contribution < 1.29 is 26.8 Å². The fourth-order valence-electron chi connectivity index (χ4n) is 1.55. The zero-order valence-electron chi connectivity index (χ0n) is 12.1. The van der Waals surface area contributed by atoms with Crippen LogP contribution in [0.5, 0.6) is 0 Å². The van der Waals surface area contributed by atoms with Crippen LogP contribution >= 0.6 is 0 Å². The van der Waals surface area contributed by atoms with Crippen LogP contribution in [0.3, 0.4) is 0 Å². The van der Waals surface area contributed by atoms with Gasteiger partial charge in [-0.1, -0.05) is 5.11 Å². The van der Waals surface area contributed by atoms with E-state index in [2.05, 4.69) is 15.3 Å². The summed E-state index contributed by atoms with van der Waals surface area (Å²) in [6.07, 6.45) is 0. The first-order valence-corrected chi connectivity index (χ1v) is 6.10. The number of benzene rings is 1. The van der Waals surface area contributed by atoms with Crippen molar-refractivity contribution in [3.63, 3.8) is 0 Å². The maximum Gasteiger partial charge on any atom is 0.257 e. The highest BCUT2D eigenvalue weighted by molar-refractivity contribution is 5.95. The first kappa shape index (κ1) is 17.7. The standard InChI is InChI=1S/C12H13F4N5O/c1-21(2,3)5-4-18-12(22)6-7(13)9(15)11(19-20-17)10(16)8(6)14/h4-5H2,1-3H3/p+1. The number of hydrogen-bond acceptors (Lipinski definition) is 2. The molecule has 120 valence electrons. The number of halogens is 4. The molecular weight excluding hydrogens is 306 g/mol. The Hall–Kier alpha value is -2.32. The minimum Gasteiger partial charge on any atom is -0.346 e. The maximum atomic E-state index is 13.7. The number of azide groups is 1. The van der Waals surface area contributed by atoms with Gasteiger partial charge in [-0.15, -0.1) is 0 Å². The number of amides is 1. The molecule has 0 fully saturated rings. The van der Waals surface area contributed by atoms with Crippen LogP contribution in [0.4, 0.5) is 23.2 Å². The molecule has 0 atom stereocenters. The minimum absolute atomic E-state index is 0.0442. The van der Waals surface area contributed by atoms with Gasteiger partial charge in [0.25, 0.3) is 5.91 Å². The molecule has 0 bridgehead atoms. The lowest BCUT2D eigenvalue weighted by Gasteiger charge is -2.23. The molecule has 1 aromatic rings. The SMILES string of the molecule is C[N+](C)(C)CCNC(=O)c1c(F)c(F)c(N=[N+]=[N-])c(F)c1F. The average Bonchev–Trinajstić information content (AvgIpc) is 2.40. The topological polar surface area (TPSA) is 77.9 Å². The summed E-state index contributed by atoms with van der Waals surface area (Å²) in [4.78, 5) is 13.8. The lowest BCUT2D eigenvalue weighted by molar-refractivity contribution is -0.869. The molecule has 22 heavy (non-hydrogen) atoms. The van der Waals surface area contributed by atoms with E-state index in [4.69, 9.17) is 5.53 Å². The Labute approximate surface area is 123 Å². The highest BCUT2D eigenvalue weighted by Gasteiger charge is 2.29. The van der Waals surface area contributed by atoms with Crippen molar-refractivity contribution in [1.29, 1.82) is 0 Å². The molecule has 0 aliphatic heterocycles. The van der Waals surface area contributed by atoms with Gasteiger partial charge in [0.2, 0.25) is 0 Å². The number of carbonyl (C=O) groups is 1. The van der Waals surface area contributed by atoms with Gasteiger partial charge in [-0.3, -0.25) is 4.79 Å². The summed E-state index contributed by atoms with van der Waals surface area (Å²) in [5, 5.41) is 4.71. The van der Waals surface area contributed by atoms with Crippen LogP contribution in [0, 0.1) is 23.3 Å². The average molecular weight is 320 g/mol. The number of carbonyl (C=O) groups excluding carboxylic acids is 1. The Morgan fingerprint density at radius 3 is 2.05 bits per heavy atom. The van der Waals surface area contributed by atoms with Gasteiger partial charge in [0.1, 0.15) is 11.3 Å². The number of likely N-dealkylation sites (N-methyl/N-ethyl adjacent to an activating group) is 1. The van der Waals surface area contributed by atoms with E-state index in [0.717, 1.165) is 0 Å². The monoisotopic (exact) mass is 320 g/mol. The Bertz CT molecular complexity index is 621. The molecule has 0 aliphatic carbocycles.